The Labute approximate surface area is 131 Å². The summed E-state index contributed by atoms with van der Waals surface area (Å²) in [7, 11) is 0. The summed E-state index contributed by atoms with van der Waals surface area (Å²) >= 11 is 1.84. The molecule has 3 atom stereocenters. The van der Waals surface area contributed by atoms with Crippen LogP contribution in [0.2, 0.25) is 0 Å². The summed E-state index contributed by atoms with van der Waals surface area (Å²) < 4.78 is 0. The minimum absolute atomic E-state index is 0.321. The van der Waals surface area contributed by atoms with Crippen LogP contribution in [-0.4, -0.2) is 4.98 Å². The average molecular weight is 300 g/mol. The number of fused-ring (bicyclic) bond motifs is 1. The van der Waals surface area contributed by atoms with Gasteiger partial charge in [0.25, 0.3) is 0 Å². The molecule has 2 aromatic rings. The average Bonchev–Trinajstić information content (AvgIpc) is 2.99. The highest BCUT2D eigenvalue weighted by molar-refractivity contribution is 7.11. The maximum Gasteiger partial charge on any atom is 0.109 e. The van der Waals surface area contributed by atoms with Crippen LogP contribution in [0.1, 0.15) is 72.6 Å². The molecule has 0 saturated heterocycles. The topological polar surface area (TPSA) is 24.9 Å². The highest BCUT2D eigenvalue weighted by Gasteiger charge is 2.26. The number of hydrogen-bond acceptors (Lipinski definition) is 3. The van der Waals surface area contributed by atoms with Crippen LogP contribution >= 0.6 is 11.3 Å². The quantitative estimate of drug-likeness (QED) is 0.860. The summed E-state index contributed by atoms with van der Waals surface area (Å²) in [4.78, 5) is 5.95. The Morgan fingerprint density at radius 2 is 2.05 bits per heavy atom. The zero-order valence-corrected chi connectivity index (χ0v) is 13.9. The number of nitrogens with one attached hydrogen (secondary N) is 1. The molecule has 3 rings (SSSR count). The molecule has 1 N–H and O–H groups in total. The van der Waals surface area contributed by atoms with Crippen molar-refractivity contribution in [1.82, 2.24) is 10.3 Å². The van der Waals surface area contributed by atoms with Crippen LogP contribution in [0.5, 0.6) is 0 Å². The second-order valence-corrected chi connectivity index (χ2v) is 7.21. The van der Waals surface area contributed by atoms with E-state index in [1.165, 1.54) is 33.9 Å². The molecule has 1 aliphatic carbocycles. The van der Waals surface area contributed by atoms with E-state index in [0.29, 0.717) is 18.0 Å². The molecule has 1 aromatic carbocycles. The van der Waals surface area contributed by atoms with Crippen LogP contribution in [0.25, 0.3) is 0 Å². The van der Waals surface area contributed by atoms with E-state index in [2.05, 4.69) is 55.3 Å². The van der Waals surface area contributed by atoms with Crippen molar-refractivity contribution < 1.29 is 0 Å². The normalized spacial score (nSPS) is 22.8. The first-order valence-corrected chi connectivity index (χ1v) is 8.80. The van der Waals surface area contributed by atoms with Gasteiger partial charge in [-0.25, -0.2) is 4.98 Å². The van der Waals surface area contributed by atoms with E-state index in [1.807, 2.05) is 17.5 Å². The summed E-state index contributed by atoms with van der Waals surface area (Å²) in [6, 6.07) is 9.68. The van der Waals surface area contributed by atoms with Crippen molar-refractivity contribution in [3.8, 4) is 0 Å². The largest absolute Gasteiger partial charge is 0.301 e. The Morgan fingerprint density at radius 1 is 1.29 bits per heavy atom. The predicted octanol–water partition coefficient (Wildman–Crippen LogP) is 4.99. The molecule has 0 radical (unpaired) electrons. The molecule has 0 aliphatic heterocycles. The number of thiazole rings is 1. The molecule has 1 aromatic heterocycles. The van der Waals surface area contributed by atoms with Crippen molar-refractivity contribution in [1.29, 1.82) is 0 Å². The van der Waals surface area contributed by atoms with Crippen LogP contribution in [0.4, 0.5) is 0 Å². The van der Waals surface area contributed by atoms with E-state index in [4.69, 9.17) is 0 Å². The van der Waals surface area contributed by atoms with Crippen LogP contribution in [0.3, 0.4) is 0 Å². The van der Waals surface area contributed by atoms with Crippen molar-refractivity contribution in [2.24, 2.45) is 0 Å². The molecule has 3 heteroatoms. The lowest BCUT2D eigenvalue weighted by molar-refractivity contribution is 0.395. The minimum atomic E-state index is 0.321. The molecular weight excluding hydrogens is 276 g/mol. The molecule has 0 bridgehead atoms. The Balaban J connectivity index is 1.77. The Morgan fingerprint density at radius 3 is 2.76 bits per heavy atom. The van der Waals surface area contributed by atoms with Gasteiger partial charge in [-0.05, 0) is 43.2 Å². The monoisotopic (exact) mass is 300 g/mol. The standard InChI is InChI=1S/C18H24N2S/c1-4-14-11-19-18(21-14)13(3)20-17-10-9-12(2)15-7-5-6-8-16(15)17/h5-8,11-13,17,20H,4,9-10H2,1-3H3. The summed E-state index contributed by atoms with van der Waals surface area (Å²) in [5, 5.41) is 5.01. The number of hydrogen-bond donors (Lipinski definition) is 1. The zero-order chi connectivity index (χ0) is 14.8. The second-order valence-electron chi connectivity index (χ2n) is 6.07. The molecule has 0 spiro atoms. The summed E-state index contributed by atoms with van der Waals surface area (Å²) in [6.45, 7) is 6.76. The number of rotatable bonds is 4. The van der Waals surface area contributed by atoms with Crippen LogP contribution in [0, 0.1) is 0 Å². The molecule has 0 amide bonds. The number of nitrogens with zero attached hydrogens (tertiary/aromatic N) is 1. The van der Waals surface area contributed by atoms with Gasteiger partial charge in [0, 0.05) is 17.1 Å². The summed E-state index contributed by atoms with van der Waals surface area (Å²) in [6.07, 6.45) is 5.58. The van der Waals surface area contributed by atoms with E-state index in [1.54, 1.807) is 0 Å². The molecular formula is C18H24N2S. The maximum atomic E-state index is 4.58. The molecule has 1 heterocycles. The van der Waals surface area contributed by atoms with E-state index < -0.39 is 0 Å². The molecule has 21 heavy (non-hydrogen) atoms. The van der Waals surface area contributed by atoms with Gasteiger partial charge in [0.15, 0.2) is 0 Å². The molecule has 3 unspecified atom stereocenters. The first-order valence-electron chi connectivity index (χ1n) is 7.98. The Kier molecular flexibility index (Phi) is 4.41. The van der Waals surface area contributed by atoms with Crippen LogP contribution < -0.4 is 5.32 Å². The molecule has 1 aliphatic rings. The summed E-state index contributed by atoms with van der Waals surface area (Å²) in [5.74, 6) is 0.682. The third-order valence-corrected chi connectivity index (χ3v) is 5.86. The maximum absolute atomic E-state index is 4.58. The van der Waals surface area contributed by atoms with Gasteiger partial charge in [0.1, 0.15) is 5.01 Å². The van der Waals surface area contributed by atoms with Gasteiger partial charge in [-0.15, -0.1) is 11.3 Å². The van der Waals surface area contributed by atoms with E-state index >= 15 is 0 Å². The minimum Gasteiger partial charge on any atom is -0.301 e. The SMILES string of the molecule is CCc1cnc(C(C)NC2CCC(C)c3ccccc32)s1. The predicted molar refractivity (Wildman–Crippen MR) is 89.9 cm³/mol. The second kappa shape index (κ2) is 6.29. The molecule has 0 fully saturated rings. The van der Waals surface area contributed by atoms with E-state index in [0.717, 1.165) is 6.42 Å². The van der Waals surface area contributed by atoms with Gasteiger partial charge in [0.2, 0.25) is 0 Å². The van der Waals surface area contributed by atoms with Crippen molar-refractivity contribution >= 4 is 11.3 Å². The fourth-order valence-corrected chi connectivity index (χ4v) is 4.11. The van der Waals surface area contributed by atoms with Gasteiger partial charge in [-0.3, -0.25) is 0 Å². The molecule has 112 valence electrons. The fraction of sp³-hybridized carbons (Fsp3) is 0.500. The lowest BCUT2D eigenvalue weighted by atomic mass is 9.81. The van der Waals surface area contributed by atoms with Crippen molar-refractivity contribution in [2.45, 2.75) is 58.0 Å². The van der Waals surface area contributed by atoms with Crippen molar-refractivity contribution in [2.75, 3.05) is 0 Å². The Hall–Kier alpha value is -1.19. The lowest BCUT2D eigenvalue weighted by Crippen LogP contribution is -2.28. The van der Waals surface area contributed by atoms with Crippen molar-refractivity contribution in [3.05, 3.63) is 51.5 Å². The molecule has 2 nitrogen and oxygen atoms in total. The summed E-state index contributed by atoms with van der Waals surface area (Å²) in [5.41, 5.74) is 3.00. The highest BCUT2D eigenvalue weighted by Crippen LogP contribution is 2.38. The number of aryl methyl sites for hydroxylation is 1. The van der Waals surface area contributed by atoms with Gasteiger partial charge in [-0.2, -0.15) is 0 Å². The Bertz CT molecular complexity index is 605. The third kappa shape index (κ3) is 3.04. The van der Waals surface area contributed by atoms with E-state index in [9.17, 15) is 0 Å². The smallest absolute Gasteiger partial charge is 0.109 e. The van der Waals surface area contributed by atoms with Gasteiger partial charge < -0.3 is 5.32 Å². The van der Waals surface area contributed by atoms with Gasteiger partial charge >= 0.3 is 0 Å². The number of benzene rings is 1. The zero-order valence-electron chi connectivity index (χ0n) is 13.1. The number of aromatic nitrogens is 1. The lowest BCUT2D eigenvalue weighted by Gasteiger charge is -2.32. The van der Waals surface area contributed by atoms with E-state index in [-0.39, 0.29) is 0 Å². The van der Waals surface area contributed by atoms with Crippen molar-refractivity contribution in [3.63, 3.8) is 0 Å². The van der Waals surface area contributed by atoms with Crippen LogP contribution in [0.15, 0.2) is 30.5 Å². The first-order chi connectivity index (χ1) is 10.2. The fourth-order valence-electron chi connectivity index (χ4n) is 3.24. The van der Waals surface area contributed by atoms with Gasteiger partial charge in [0.05, 0.1) is 6.04 Å². The van der Waals surface area contributed by atoms with Gasteiger partial charge in [-0.1, -0.05) is 38.1 Å². The highest BCUT2D eigenvalue weighted by atomic mass is 32.1. The first kappa shape index (κ1) is 14.7. The molecule has 0 saturated carbocycles. The van der Waals surface area contributed by atoms with Crippen LogP contribution in [-0.2, 0) is 6.42 Å². The third-order valence-electron chi connectivity index (χ3n) is 4.53.